The van der Waals surface area contributed by atoms with Crippen molar-refractivity contribution in [3.8, 4) is 0 Å². The molecule has 27 heavy (non-hydrogen) atoms. The average Bonchev–Trinajstić information content (AvgIpc) is 2.98. The number of hydrogen-bond donors (Lipinski definition) is 3. The minimum atomic E-state index is -1.56. The van der Waals surface area contributed by atoms with Crippen LogP contribution >= 0.6 is 0 Å². The lowest BCUT2D eigenvalue weighted by atomic mass is 10.1. The molecule has 0 aromatic rings. The third-order valence-electron chi connectivity index (χ3n) is 4.71. The maximum atomic E-state index is 12.0. The van der Waals surface area contributed by atoms with E-state index in [-0.39, 0.29) is 13.0 Å². The molecule has 1 saturated heterocycles. The fourth-order valence-electron chi connectivity index (χ4n) is 3.22. The van der Waals surface area contributed by atoms with Gasteiger partial charge in [-0.05, 0) is 6.42 Å². The molecule has 0 aromatic heterocycles. The van der Waals surface area contributed by atoms with Crippen LogP contribution in [0.4, 0.5) is 4.79 Å². The van der Waals surface area contributed by atoms with Crippen molar-refractivity contribution in [3.05, 3.63) is 0 Å². The maximum absolute atomic E-state index is 12.0. The number of aliphatic hydroxyl groups excluding tert-OH is 2. The Morgan fingerprint density at radius 2 is 1.67 bits per heavy atom. The molecule has 8 nitrogen and oxygen atoms in total. The lowest BCUT2D eigenvalue weighted by Crippen LogP contribution is -2.45. The number of aliphatic hydroxyl groups is 2. The van der Waals surface area contributed by atoms with E-state index in [1.165, 1.54) is 38.5 Å². The molecule has 1 aliphatic rings. The smallest absolute Gasteiger partial charge is 0.457 e. The minimum Gasteiger partial charge on any atom is -0.457 e. The molecule has 1 fully saturated rings. The molecule has 0 bridgehead atoms. The zero-order chi connectivity index (χ0) is 20.1. The van der Waals surface area contributed by atoms with Crippen molar-refractivity contribution in [2.45, 2.75) is 95.5 Å². The summed E-state index contributed by atoms with van der Waals surface area (Å²) in [7, 11) is 0. The van der Waals surface area contributed by atoms with E-state index < -0.39 is 43.1 Å². The largest absolute Gasteiger partial charge is 0.506 e. The number of rotatable bonds is 14. The molecule has 1 rings (SSSR count). The van der Waals surface area contributed by atoms with Gasteiger partial charge in [-0.2, -0.15) is 0 Å². The Morgan fingerprint density at radius 3 is 2.22 bits per heavy atom. The number of carbonyl (C=O) groups is 2. The highest BCUT2D eigenvalue weighted by Crippen LogP contribution is 2.23. The number of unbranched alkanes of at least 4 members (excludes halogenated alkanes) is 8. The van der Waals surface area contributed by atoms with Gasteiger partial charge in [0.15, 0.2) is 12.2 Å². The molecular formula is C19H34O8. The topological polar surface area (TPSA) is 123 Å². The summed E-state index contributed by atoms with van der Waals surface area (Å²) in [6.45, 7) is 1.51. The van der Waals surface area contributed by atoms with Crippen LogP contribution in [0.25, 0.3) is 0 Å². The highest BCUT2D eigenvalue weighted by atomic mass is 16.7. The maximum Gasteiger partial charge on any atom is 0.506 e. The highest BCUT2D eigenvalue weighted by Gasteiger charge is 2.45. The van der Waals surface area contributed by atoms with Gasteiger partial charge in [0.2, 0.25) is 0 Å². The summed E-state index contributed by atoms with van der Waals surface area (Å²) in [5.74, 6) is -0.476. The standard InChI is InChI=1S/C19H34O8/c1-2-3-4-5-6-7-8-9-10-11-16(22)26-15(12-20)18-17(27-19(23)24)14(21)13-25-18/h14-15,17-18,20-21H,2-13H2,1H3,(H,23,24)/t14-,15+,17+,18+/m0/s1. The second-order valence-corrected chi connectivity index (χ2v) is 7.00. The summed E-state index contributed by atoms with van der Waals surface area (Å²) in [4.78, 5) is 22.7. The lowest BCUT2D eigenvalue weighted by molar-refractivity contribution is -0.163. The van der Waals surface area contributed by atoms with Gasteiger partial charge in [-0.25, -0.2) is 4.79 Å². The Labute approximate surface area is 160 Å². The molecule has 0 radical (unpaired) electrons. The monoisotopic (exact) mass is 390 g/mol. The van der Waals surface area contributed by atoms with Crippen molar-refractivity contribution in [1.29, 1.82) is 0 Å². The van der Waals surface area contributed by atoms with E-state index in [9.17, 15) is 19.8 Å². The molecule has 0 aromatic carbocycles. The van der Waals surface area contributed by atoms with Crippen molar-refractivity contribution in [2.75, 3.05) is 13.2 Å². The van der Waals surface area contributed by atoms with E-state index in [1.54, 1.807) is 0 Å². The van der Waals surface area contributed by atoms with Crippen molar-refractivity contribution in [2.24, 2.45) is 0 Å². The predicted octanol–water partition coefficient (Wildman–Crippen LogP) is 2.63. The zero-order valence-electron chi connectivity index (χ0n) is 16.2. The van der Waals surface area contributed by atoms with Crippen LogP contribution in [0.2, 0.25) is 0 Å². The number of esters is 1. The Hall–Kier alpha value is -1.38. The Balaban J connectivity index is 2.24. The number of hydrogen-bond acceptors (Lipinski definition) is 7. The molecule has 0 aliphatic carbocycles. The minimum absolute atomic E-state index is 0.144. The molecule has 158 valence electrons. The second-order valence-electron chi connectivity index (χ2n) is 7.00. The molecule has 1 aliphatic heterocycles. The van der Waals surface area contributed by atoms with Gasteiger partial charge in [0.05, 0.1) is 13.2 Å². The van der Waals surface area contributed by atoms with E-state index in [4.69, 9.17) is 14.6 Å². The molecule has 3 N–H and O–H groups in total. The summed E-state index contributed by atoms with van der Waals surface area (Å²) in [6, 6.07) is 0. The average molecular weight is 390 g/mol. The quantitative estimate of drug-likeness (QED) is 0.306. The number of ether oxygens (including phenoxy) is 3. The van der Waals surface area contributed by atoms with Crippen LogP contribution in [-0.4, -0.2) is 65.1 Å². The Bertz CT molecular complexity index is 428. The summed E-state index contributed by atoms with van der Waals surface area (Å²) < 4.78 is 15.1. The molecular weight excluding hydrogens is 356 g/mol. The first-order chi connectivity index (χ1) is 13.0. The van der Waals surface area contributed by atoms with Gasteiger partial charge >= 0.3 is 12.1 Å². The predicted molar refractivity (Wildman–Crippen MR) is 97.5 cm³/mol. The summed E-state index contributed by atoms with van der Waals surface area (Å²) >= 11 is 0. The van der Waals surface area contributed by atoms with Crippen LogP contribution < -0.4 is 0 Å². The van der Waals surface area contributed by atoms with Crippen LogP contribution in [0.1, 0.15) is 71.1 Å². The molecule has 0 unspecified atom stereocenters. The van der Waals surface area contributed by atoms with Crippen molar-refractivity contribution in [1.82, 2.24) is 0 Å². The van der Waals surface area contributed by atoms with Gasteiger partial charge in [-0.3, -0.25) is 4.79 Å². The van der Waals surface area contributed by atoms with Gasteiger partial charge in [-0.1, -0.05) is 58.3 Å². The van der Waals surface area contributed by atoms with E-state index in [2.05, 4.69) is 11.7 Å². The summed E-state index contributed by atoms with van der Waals surface area (Å²) in [6.07, 6.45) is 4.42. The van der Waals surface area contributed by atoms with Crippen LogP contribution in [-0.2, 0) is 19.0 Å². The van der Waals surface area contributed by atoms with Gasteiger partial charge in [0, 0.05) is 6.42 Å². The zero-order valence-corrected chi connectivity index (χ0v) is 16.2. The van der Waals surface area contributed by atoms with Crippen LogP contribution in [0.3, 0.4) is 0 Å². The van der Waals surface area contributed by atoms with E-state index in [1.807, 2.05) is 0 Å². The van der Waals surface area contributed by atoms with Crippen molar-refractivity contribution >= 4 is 12.1 Å². The van der Waals surface area contributed by atoms with Gasteiger partial charge < -0.3 is 29.5 Å². The number of carboxylic acid groups (broad SMARTS) is 1. The van der Waals surface area contributed by atoms with E-state index in [0.717, 1.165) is 12.8 Å². The third-order valence-corrected chi connectivity index (χ3v) is 4.71. The summed E-state index contributed by atoms with van der Waals surface area (Å²) in [5.41, 5.74) is 0. The molecule has 1 heterocycles. The Morgan fingerprint density at radius 1 is 1.07 bits per heavy atom. The van der Waals surface area contributed by atoms with E-state index >= 15 is 0 Å². The van der Waals surface area contributed by atoms with Crippen LogP contribution in [0, 0.1) is 0 Å². The molecule has 0 saturated carbocycles. The van der Waals surface area contributed by atoms with Gasteiger partial charge in [-0.15, -0.1) is 0 Å². The third kappa shape index (κ3) is 9.39. The second kappa shape index (κ2) is 13.7. The first-order valence-corrected chi connectivity index (χ1v) is 9.99. The van der Waals surface area contributed by atoms with Gasteiger partial charge in [0.25, 0.3) is 0 Å². The first kappa shape index (κ1) is 23.7. The fourth-order valence-corrected chi connectivity index (χ4v) is 3.22. The lowest BCUT2D eigenvalue weighted by Gasteiger charge is -2.25. The SMILES string of the molecule is CCCCCCCCCCCC(=O)O[C@H](CO)[C@H]1OC[C@H](O)[C@H]1OC(=O)O. The van der Waals surface area contributed by atoms with Crippen molar-refractivity contribution in [3.63, 3.8) is 0 Å². The molecule has 8 heteroatoms. The summed E-state index contributed by atoms with van der Waals surface area (Å²) in [5, 5.41) is 27.9. The van der Waals surface area contributed by atoms with Gasteiger partial charge in [0.1, 0.15) is 12.2 Å². The van der Waals surface area contributed by atoms with Crippen molar-refractivity contribution < 1.29 is 39.1 Å². The van der Waals surface area contributed by atoms with Crippen LogP contribution in [0.5, 0.6) is 0 Å². The fraction of sp³-hybridized carbons (Fsp3) is 0.895. The first-order valence-electron chi connectivity index (χ1n) is 9.99. The Kier molecular flexibility index (Phi) is 12.0. The molecule has 0 spiro atoms. The number of carbonyl (C=O) groups excluding carboxylic acids is 1. The normalized spacial score (nSPS) is 23.1. The highest BCUT2D eigenvalue weighted by molar-refractivity contribution is 5.69. The molecule has 0 amide bonds. The molecule has 4 atom stereocenters. The van der Waals surface area contributed by atoms with E-state index in [0.29, 0.717) is 6.42 Å². The van der Waals surface area contributed by atoms with Crippen LogP contribution in [0.15, 0.2) is 0 Å².